The maximum absolute atomic E-state index is 12.9. The van der Waals surface area contributed by atoms with Crippen molar-refractivity contribution in [3.05, 3.63) is 28.5 Å². The third-order valence-corrected chi connectivity index (χ3v) is 1.81. The zero-order valence-corrected chi connectivity index (χ0v) is 7.65. The number of aromatic nitrogens is 1. The highest BCUT2D eigenvalue weighted by molar-refractivity contribution is 6.31. The van der Waals surface area contributed by atoms with Gasteiger partial charge in [0.25, 0.3) is 0 Å². The summed E-state index contributed by atoms with van der Waals surface area (Å²) in [5.41, 5.74) is 0.116. The summed E-state index contributed by atoms with van der Waals surface area (Å²) in [5.74, 6) is -3.37. The lowest BCUT2D eigenvalue weighted by atomic mass is 10.2. The molecule has 0 aromatic carbocycles. The van der Waals surface area contributed by atoms with Crippen molar-refractivity contribution in [2.45, 2.75) is 12.8 Å². The van der Waals surface area contributed by atoms with Crippen molar-refractivity contribution < 1.29 is 13.9 Å². The number of hydrogen-bond acceptors (Lipinski definition) is 2. The first-order valence-electron chi connectivity index (χ1n) is 3.58. The van der Waals surface area contributed by atoms with E-state index in [0.717, 1.165) is 0 Å². The highest BCUT2D eigenvalue weighted by Gasteiger charge is 2.34. The van der Waals surface area contributed by atoms with Gasteiger partial charge in [-0.25, -0.2) is 0 Å². The molecule has 1 aromatic rings. The van der Waals surface area contributed by atoms with Gasteiger partial charge in [0, 0.05) is 6.20 Å². The average molecular weight is 208 g/mol. The van der Waals surface area contributed by atoms with Crippen molar-refractivity contribution >= 4 is 11.6 Å². The molecule has 0 aliphatic rings. The maximum atomic E-state index is 12.9. The monoisotopic (exact) mass is 207 g/mol. The number of aryl methyl sites for hydroxylation is 1. The number of aliphatic hydroxyl groups excluding tert-OH is 1. The third-order valence-electron chi connectivity index (χ3n) is 1.52. The van der Waals surface area contributed by atoms with Gasteiger partial charge < -0.3 is 5.11 Å². The topological polar surface area (TPSA) is 33.1 Å². The molecule has 0 amide bonds. The molecule has 1 N–H and O–H groups in total. The van der Waals surface area contributed by atoms with Gasteiger partial charge in [-0.05, 0) is 18.6 Å². The fraction of sp³-hybridized carbons (Fsp3) is 0.375. The van der Waals surface area contributed by atoms with E-state index in [4.69, 9.17) is 16.7 Å². The van der Waals surface area contributed by atoms with Gasteiger partial charge in [-0.15, -0.1) is 0 Å². The molecule has 1 heterocycles. The molecule has 0 unspecified atom stereocenters. The number of aliphatic hydroxyl groups is 1. The van der Waals surface area contributed by atoms with E-state index in [1.165, 1.54) is 12.3 Å². The Kier molecular flexibility index (Phi) is 2.83. The van der Waals surface area contributed by atoms with Crippen LogP contribution in [0.25, 0.3) is 0 Å². The summed E-state index contributed by atoms with van der Waals surface area (Å²) in [6, 6.07) is 1.38. The summed E-state index contributed by atoms with van der Waals surface area (Å²) >= 11 is 5.54. The van der Waals surface area contributed by atoms with Gasteiger partial charge in [-0.2, -0.15) is 8.78 Å². The summed E-state index contributed by atoms with van der Waals surface area (Å²) in [6.07, 6.45) is 1.28. The first-order valence-corrected chi connectivity index (χ1v) is 3.96. The number of nitrogens with zero attached hydrogens (tertiary/aromatic N) is 1. The zero-order chi connectivity index (χ0) is 10.1. The Hall–Kier alpha value is -0.740. The second-order valence-electron chi connectivity index (χ2n) is 2.71. The minimum Gasteiger partial charge on any atom is -0.390 e. The predicted molar refractivity (Wildman–Crippen MR) is 45.0 cm³/mol. The van der Waals surface area contributed by atoms with Gasteiger partial charge in [0.15, 0.2) is 0 Å². The molecule has 1 aromatic heterocycles. The Balaban J connectivity index is 3.16. The summed E-state index contributed by atoms with van der Waals surface area (Å²) in [4.78, 5) is 3.48. The van der Waals surface area contributed by atoms with Crippen LogP contribution in [0.4, 0.5) is 8.78 Å². The van der Waals surface area contributed by atoms with Crippen LogP contribution in [0.1, 0.15) is 11.3 Å². The molecule has 0 saturated heterocycles. The molecule has 2 nitrogen and oxygen atoms in total. The minimum absolute atomic E-state index is 0.126. The van der Waals surface area contributed by atoms with Crippen LogP contribution in [0.15, 0.2) is 12.3 Å². The largest absolute Gasteiger partial charge is 0.390 e. The minimum atomic E-state index is -3.37. The van der Waals surface area contributed by atoms with Crippen molar-refractivity contribution in [1.29, 1.82) is 0 Å². The molecule has 0 fully saturated rings. The van der Waals surface area contributed by atoms with Gasteiger partial charge in [-0.1, -0.05) is 11.6 Å². The summed E-state index contributed by atoms with van der Waals surface area (Å²) in [5, 5.41) is 8.27. The number of hydrogen-bond donors (Lipinski definition) is 1. The predicted octanol–water partition coefficient (Wildman–Crippen LogP) is 2.13. The van der Waals surface area contributed by atoms with Gasteiger partial charge >= 0.3 is 5.92 Å². The van der Waals surface area contributed by atoms with E-state index in [1.54, 1.807) is 6.92 Å². The Morgan fingerprint density at radius 3 is 2.69 bits per heavy atom. The highest BCUT2D eigenvalue weighted by atomic mass is 35.5. The fourth-order valence-electron chi connectivity index (χ4n) is 0.878. The van der Waals surface area contributed by atoms with Crippen LogP contribution in [-0.2, 0) is 5.92 Å². The molecule has 0 atom stereocenters. The number of alkyl halides is 2. The smallest absolute Gasteiger partial charge is 0.313 e. The molecule has 0 radical (unpaired) electrons. The van der Waals surface area contributed by atoms with E-state index >= 15 is 0 Å². The zero-order valence-electron chi connectivity index (χ0n) is 6.89. The van der Waals surface area contributed by atoms with Crippen LogP contribution in [0.2, 0.25) is 5.02 Å². The molecule has 0 saturated carbocycles. The van der Waals surface area contributed by atoms with Crippen LogP contribution in [-0.4, -0.2) is 16.7 Å². The van der Waals surface area contributed by atoms with Crippen LogP contribution in [0.5, 0.6) is 0 Å². The Morgan fingerprint density at radius 2 is 2.23 bits per heavy atom. The first-order chi connectivity index (χ1) is 5.97. The van der Waals surface area contributed by atoms with Crippen LogP contribution >= 0.6 is 11.6 Å². The van der Waals surface area contributed by atoms with Gasteiger partial charge in [0.1, 0.15) is 12.3 Å². The molecule has 0 aliphatic heterocycles. The Bertz CT molecular complexity index is 317. The van der Waals surface area contributed by atoms with Crippen LogP contribution in [0.3, 0.4) is 0 Å². The third kappa shape index (κ3) is 2.14. The first kappa shape index (κ1) is 10.3. The Labute approximate surface area is 79.2 Å². The highest BCUT2D eigenvalue weighted by Crippen LogP contribution is 2.31. The lowest BCUT2D eigenvalue weighted by molar-refractivity contribution is -0.0591. The van der Waals surface area contributed by atoms with Crippen LogP contribution in [0, 0.1) is 6.92 Å². The molecular weight excluding hydrogens is 200 g/mol. The van der Waals surface area contributed by atoms with E-state index < -0.39 is 18.2 Å². The van der Waals surface area contributed by atoms with Crippen molar-refractivity contribution in [2.24, 2.45) is 0 Å². The quantitative estimate of drug-likeness (QED) is 0.806. The van der Waals surface area contributed by atoms with E-state index in [9.17, 15) is 8.78 Å². The maximum Gasteiger partial charge on any atom is 0.313 e. The molecule has 72 valence electrons. The van der Waals surface area contributed by atoms with Crippen LogP contribution < -0.4 is 0 Å². The fourth-order valence-corrected chi connectivity index (χ4v) is 1.24. The van der Waals surface area contributed by atoms with Gasteiger partial charge in [0.05, 0.1) is 5.02 Å². The van der Waals surface area contributed by atoms with Gasteiger partial charge in [0.2, 0.25) is 0 Å². The van der Waals surface area contributed by atoms with E-state index in [-0.39, 0.29) is 5.02 Å². The molecule has 0 bridgehead atoms. The average Bonchev–Trinajstić information content (AvgIpc) is 2.03. The number of pyridine rings is 1. The Morgan fingerprint density at radius 1 is 1.62 bits per heavy atom. The lowest BCUT2D eigenvalue weighted by Crippen LogP contribution is -2.20. The summed E-state index contributed by atoms with van der Waals surface area (Å²) in [6.45, 7) is 0.405. The normalized spacial score (nSPS) is 11.8. The second-order valence-corrected chi connectivity index (χ2v) is 3.11. The van der Waals surface area contributed by atoms with Crippen molar-refractivity contribution in [3.63, 3.8) is 0 Å². The van der Waals surface area contributed by atoms with Crippen molar-refractivity contribution in [2.75, 3.05) is 6.61 Å². The van der Waals surface area contributed by atoms with Crippen molar-refractivity contribution in [3.8, 4) is 0 Å². The number of halogens is 3. The molecule has 13 heavy (non-hydrogen) atoms. The van der Waals surface area contributed by atoms with E-state index in [1.807, 2.05) is 0 Å². The standard InChI is InChI=1S/C8H8ClF2NO/c1-5-2-6(9)7(12-3-5)8(10,11)4-13/h2-3,13H,4H2,1H3. The number of rotatable bonds is 2. The van der Waals surface area contributed by atoms with E-state index in [2.05, 4.69) is 4.98 Å². The lowest BCUT2D eigenvalue weighted by Gasteiger charge is -2.13. The molecular formula is C8H8ClF2NO. The molecule has 5 heteroatoms. The SMILES string of the molecule is Cc1cnc(C(F)(F)CO)c(Cl)c1. The molecule has 0 aliphatic carbocycles. The molecule has 0 spiro atoms. The van der Waals surface area contributed by atoms with Crippen molar-refractivity contribution in [1.82, 2.24) is 4.98 Å². The summed E-state index contributed by atoms with van der Waals surface area (Å²) in [7, 11) is 0. The van der Waals surface area contributed by atoms with Gasteiger partial charge in [-0.3, -0.25) is 4.98 Å². The van der Waals surface area contributed by atoms with E-state index in [0.29, 0.717) is 5.56 Å². The molecule has 1 rings (SSSR count). The second kappa shape index (κ2) is 3.55. The summed E-state index contributed by atoms with van der Waals surface area (Å²) < 4.78 is 25.8.